The van der Waals surface area contributed by atoms with Gasteiger partial charge in [0.05, 0.1) is 11.9 Å². The topological polar surface area (TPSA) is 59.1 Å². The first-order valence-corrected chi connectivity index (χ1v) is 3.83. The minimum absolute atomic E-state index is 0. The second-order valence-corrected chi connectivity index (χ2v) is 2.80. The number of aromatic nitrogens is 1. The second-order valence-electron chi connectivity index (χ2n) is 2.80. The zero-order valence-corrected chi connectivity index (χ0v) is 8.35. The van der Waals surface area contributed by atoms with Gasteiger partial charge in [-0.15, -0.1) is 12.4 Å². The van der Waals surface area contributed by atoms with E-state index < -0.39 is 24.4 Å². The van der Waals surface area contributed by atoms with Crippen LogP contribution in [-0.4, -0.2) is 22.6 Å². The maximum atomic E-state index is 12.8. The number of pyridine rings is 1. The fraction of sp³-hybridized carbons (Fsp3) is 0.375. The Hall–Kier alpha value is -0.850. The number of rotatable bonds is 3. The summed E-state index contributed by atoms with van der Waals surface area (Å²) in [7, 11) is 0. The Bertz CT molecular complexity index is 307. The van der Waals surface area contributed by atoms with Crippen LogP contribution < -0.4 is 5.73 Å². The van der Waals surface area contributed by atoms with Crippen molar-refractivity contribution in [1.82, 2.24) is 4.98 Å². The maximum absolute atomic E-state index is 12.8. The van der Waals surface area contributed by atoms with Gasteiger partial charge in [-0.3, -0.25) is 4.98 Å². The molecule has 0 fully saturated rings. The van der Waals surface area contributed by atoms with Crippen LogP contribution in [0, 0.1) is 5.82 Å². The first kappa shape index (κ1) is 14.2. The number of alkyl halides is 2. The summed E-state index contributed by atoms with van der Waals surface area (Å²) in [6, 6.07) is 0.312. The average molecular weight is 243 g/mol. The molecule has 1 aromatic heterocycles. The molecule has 7 heteroatoms. The van der Waals surface area contributed by atoms with Crippen molar-refractivity contribution in [2.75, 3.05) is 6.61 Å². The van der Waals surface area contributed by atoms with E-state index in [1.165, 1.54) is 0 Å². The van der Waals surface area contributed by atoms with E-state index >= 15 is 0 Å². The van der Waals surface area contributed by atoms with Crippen molar-refractivity contribution < 1.29 is 18.3 Å². The lowest BCUT2D eigenvalue weighted by Crippen LogP contribution is -2.36. The number of hydrogen-bond donors (Lipinski definition) is 2. The molecule has 1 atom stereocenters. The lowest BCUT2D eigenvalue weighted by atomic mass is 10.1. The van der Waals surface area contributed by atoms with Crippen LogP contribution in [0.1, 0.15) is 11.7 Å². The van der Waals surface area contributed by atoms with Crippen LogP contribution in [0.3, 0.4) is 0 Å². The van der Waals surface area contributed by atoms with Crippen LogP contribution in [0.2, 0.25) is 0 Å². The van der Waals surface area contributed by atoms with Gasteiger partial charge in [-0.2, -0.15) is 0 Å². The van der Waals surface area contributed by atoms with Gasteiger partial charge in [0, 0.05) is 0 Å². The summed E-state index contributed by atoms with van der Waals surface area (Å²) < 4.78 is 38.0. The van der Waals surface area contributed by atoms with Gasteiger partial charge in [-0.1, -0.05) is 0 Å². The van der Waals surface area contributed by atoms with Crippen molar-refractivity contribution in [2.24, 2.45) is 5.73 Å². The highest BCUT2D eigenvalue weighted by Crippen LogP contribution is 2.27. The van der Waals surface area contributed by atoms with Crippen LogP contribution >= 0.6 is 12.4 Å². The summed E-state index contributed by atoms with van der Waals surface area (Å²) >= 11 is 0. The number of hydrogen-bond acceptors (Lipinski definition) is 3. The Morgan fingerprint density at radius 1 is 1.47 bits per heavy atom. The predicted octanol–water partition coefficient (Wildman–Crippen LogP) is 1.27. The Morgan fingerprint density at radius 3 is 2.47 bits per heavy atom. The summed E-state index contributed by atoms with van der Waals surface area (Å²) in [6.07, 6.45) is 0.794. The zero-order valence-electron chi connectivity index (χ0n) is 7.53. The smallest absolute Gasteiger partial charge is 0.291 e. The molecule has 0 aliphatic rings. The third kappa shape index (κ3) is 3.33. The highest BCUT2D eigenvalue weighted by Gasteiger charge is 2.38. The first-order chi connectivity index (χ1) is 6.47. The minimum Gasteiger partial charge on any atom is -0.390 e. The Kier molecular flexibility index (Phi) is 4.99. The van der Waals surface area contributed by atoms with E-state index in [1.54, 1.807) is 0 Å². The van der Waals surface area contributed by atoms with Gasteiger partial charge in [0.25, 0.3) is 5.92 Å². The molecule has 1 rings (SSSR count). The van der Waals surface area contributed by atoms with Crippen LogP contribution in [0.15, 0.2) is 18.3 Å². The molecule has 0 aliphatic carbocycles. The fourth-order valence-corrected chi connectivity index (χ4v) is 0.886. The molecule has 0 saturated heterocycles. The predicted molar refractivity (Wildman–Crippen MR) is 50.4 cm³/mol. The van der Waals surface area contributed by atoms with Gasteiger partial charge in [0.15, 0.2) is 0 Å². The molecule has 1 unspecified atom stereocenters. The number of nitrogens with zero attached hydrogens (tertiary/aromatic N) is 1. The molecule has 3 N–H and O–H groups in total. The highest BCUT2D eigenvalue weighted by molar-refractivity contribution is 5.85. The van der Waals surface area contributed by atoms with Crippen molar-refractivity contribution >= 4 is 12.4 Å². The molecule has 0 bridgehead atoms. The molecule has 0 amide bonds. The van der Waals surface area contributed by atoms with Crippen molar-refractivity contribution in [1.29, 1.82) is 0 Å². The van der Waals surface area contributed by atoms with E-state index in [2.05, 4.69) is 4.98 Å². The number of halogens is 4. The Morgan fingerprint density at radius 2 is 2.07 bits per heavy atom. The van der Waals surface area contributed by atoms with E-state index in [4.69, 9.17) is 10.8 Å². The Balaban J connectivity index is 0.00000196. The molecule has 1 heterocycles. The quantitative estimate of drug-likeness (QED) is 0.839. The lowest BCUT2D eigenvalue weighted by molar-refractivity contribution is -0.0721. The van der Waals surface area contributed by atoms with Crippen molar-refractivity contribution in [2.45, 2.75) is 12.0 Å². The van der Waals surface area contributed by atoms with Gasteiger partial charge in [0.1, 0.15) is 18.5 Å². The van der Waals surface area contributed by atoms with E-state index in [0.717, 1.165) is 18.3 Å². The third-order valence-corrected chi connectivity index (χ3v) is 1.73. The zero-order chi connectivity index (χ0) is 10.8. The van der Waals surface area contributed by atoms with Crippen molar-refractivity contribution in [3.05, 3.63) is 29.8 Å². The minimum atomic E-state index is -3.45. The van der Waals surface area contributed by atoms with E-state index in [-0.39, 0.29) is 18.1 Å². The summed E-state index contributed by atoms with van der Waals surface area (Å²) in [5.41, 5.74) is 4.98. The molecule has 3 nitrogen and oxygen atoms in total. The summed E-state index contributed by atoms with van der Waals surface area (Å²) in [6.45, 7) is -1.37. The molecule has 0 aromatic carbocycles. The lowest BCUT2D eigenvalue weighted by Gasteiger charge is -2.20. The standard InChI is InChI=1S/C8H9F3N2O.ClH/c9-5-1-2-6(13-3-5)7(12)8(10,11)4-14;/h1-3,7,14H,4,12H2;1H. The normalized spacial score (nSPS) is 13.1. The van der Waals surface area contributed by atoms with E-state index in [1.807, 2.05) is 0 Å². The SMILES string of the molecule is Cl.NC(c1ccc(F)cn1)C(F)(F)CO. The molecular weight excluding hydrogens is 233 g/mol. The van der Waals surface area contributed by atoms with Crippen molar-refractivity contribution in [3.8, 4) is 0 Å². The Labute approximate surface area is 90.5 Å². The molecule has 86 valence electrons. The van der Waals surface area contributed by atoms with Crippen molar-refractivity contribution in [3.63, 3.8) is 0 Å². The second kappa shape index (κ2) is 5.29. The van der Waals surface area contributed by atoms with Gasteiger partial charge in [0.2, 0.25) is 0 Å². The van der Waals surface area contributed by atoms with E-state index in [9.17, 15) is 13.2 Å². The van der Waals surface area contributed by atoms with Crippen LogP contribution in [0.25, 0.3) is 0 Å². The van der Waals surface area contributed by atoms with Crippen LogP contribution in [0.5, 0.6) is 0 Å². The highest BCUT2D eigenvalue weighted by atomic mass is 35.5. The van der Waals surface area contributed by atoms with Gasteiger partial charge in [-0.05, 0) is 12.1 Å². The number of nitrogens with two attached hydrogens (primary N) is 1. The first-order valence-electron chi connectivity index (χ1n) is 3.83. The fourth-order valence-electron chi connectivity index (χ4n) is 0.886. The summed E-state index contributed by atoms with van der Waals surface area (Å²) in [5.74, 6) is -4.08. The molecule has 1 aromatic rings. The largest absolute Gasteiger partial charge is 0.390 e. The van der Waals surface area contributed by atoms with E-state index in [0.29, 0.717) is 0 Å². The average Bonchev–Trinajstić information content (AvgIpc) is 2.18. The molecule has 0 saturated carbocycles. The van der Waals surface area contributed by atoms with Gasteiger partial charge >= 0.3 is 0 Å². The summed E-state index contributed by atoms with van der Waals surface area (Å²) in [5, 5.41) is 8.35. The number of aliphatic hydroxyl groups is 1. The maximum Gasteiger partial charge on any atom is 0.291 e. The summed E-state index contributed by atoms with van der Waals surface area (Å²) in [4.78, 5) is 3.40. The van der Waals surface area contributed by atoms with Gasteiger partial charge in [-0.25, -0.2) is 13.2 Å². The molecular formula is C8H10ClF3N2O. The molecule has 0 spiro atoms. The number of aliphatic hydroxyl groups excluding tert-OH is 1. The van der Waals surface area contributed by atoms with Gasteiger partial charge < -0.3 is 10.8 Å². The molecule has 0 aliphatic heterocycles. The van der Waals surface area contributed by atoms with Crippen LogP contribution in [-0.2, 0) is 0 Å². The molecule has 15 heavy (non-hydrogen) atoms. The van der Waals surface area contributed by atoms with Crippen LogP contribution in [0.4, 0.5) is 13.2 Å². The molecule has 0 radical (unpaired) electrons. The monoisotopic (exact) mass is 242 g/mol. The third-order valence-electron chi connectivity index (χ3n) is 1.73.